The fraction of sp³-hybridized carbons (Fsp3) is 0.263. The van der Waals surface area contributed by atoms with Gasteiger partial charge in [0.2, 0.25) is 0 Å². The number of hydrogen-bond donors (Lipinski definition) is 0. The van der Waals surface area contributed by atoms with Gasteiger partial charge in [-0.3, -0.25) is 4.79 Å². The van der Waals surface area contributed by atoms with Gasteiger partial charge in [-0.25, -0.2) is 0 Å². The summed E-state index contributed by atoms with van der Waals surface area (Å²) in [5.74, 6) is -0.168. The summed E-state index contributed by atoms with van der Waals surface area (Å²) in [6.07, 6.45) is 2.38. The van der Waals surface area contributed by atoms with Crippen molar-refractivity contribution < 1.29 is 14.1 Å². The summed E-state index contributed by atoms with van der Waals surface area (Å²) in [4.78, 5) is 15.9. The molecule has 3 aromatic rings. The normalized spacial score (nSPS) is 16.4. The van der Waals surface area contributed by atoms with Crippen LogP contribution in [0, 0.1) is 0 Å². The molecule has 2 aromatic heterocycles. The van der Waals surface area contributed by atoms with Crippen LogP contribution in [-0.4, -0.2) is 36.2 Å². The number of carbonyl (C=O) groups is 1. The molecule has 0 radical (unpaired) electrons. The molecule has 3 heterocycles. The van der Waals surface area contributed by atoms with Gasteiger partial charge in [0.25, 0.3) is 5.91 Å². The fourth-order valence-corrected chi connectivity index (χ4v) is 4.02. The van der Waals surface area contributed by atoms with E-state index in [2.05, 4.69) is 16.6 Å². The lowest BCUT2D eigenvalue weighted by molar-refractivity contribution is 0.0207. The number of carbonyl (C=O) groups excluding carboxylic acids is 1. The molecule has 0 spiro atoms. The van der Waals surface area contributed by atoms with Crippen molar-refractivity contribution >= 4 is 17.2 Å². The first-order chi connectivity index (χ1) is 12.2. The molecule has 1 aromatic carbocycles. The standard InChI is InChI=1S/C19H18N2O3S/c1-21(11-16-14-8-10-25-17(14)7-9-23-16)19(22)18-15(12-24-20-18)13-5-3-2-4-6-13/h2-6,8,10,12,16H,7,9,11H2,1H3. The second-order valence-electron chi connectivity index (χ2n) is 6.04. The Kier molecular flexibility index (Phi) is 4.38. The molecule has 1 amide bonds. The first kappa shape index (κ1) is 16.1. The third kappa shape index (κ3) is 3.10. The van der Waals surface area contributed by atoms with E-state index in [0.717, 1.165) is 12.0 Å². The van der Waals surface area contributed by atoms with Gasteiger partial charge in [-0.05, 0) is 22.6 Å². The molecule has 0 saturated carbocycles. The molecule has 128 valence electrons. The lowest BCUT2D eigenvalue weighted by Gasteiger charge is -2.27. The number of nitrogens with zero attached hydrogens (tertiary/aromatic N) is 2. The lowest BCUT2D eigenvalue weighted by Crippen LogP contribution is -2.33. The van der Waals surface area contributed by atoms with E-state index in [4.69, 9.17) is 9.26 Å². The minimum atomic E-state index is -0.168. The molecule has 4 rings (SSSR count). The maximum atomic E-state index is 12.9. The number of ether oxygens (including phenoxy) is 1. The van der Waals surface area contributed by atoms with Crippen molar-refractivity contribution in [3.8, 4) is 11.1 Å². The Morgan fingerprint density at radius 2 is 2.16 bits per heavy atom. The van der Waals surface area contributed by atoms with Crippen molar-refractivity contribution in [1.82, 2.24) is 10.1 Å². The molecule has 1 atom stereocenters. The van der Waals surface area contributed by atoms with Crippen LogP contribution in [0.1, 0.15) is 27.0 Å². The van der Waals surface area contributed by atoms with Gasteiger partial charge in [0.1, 0.15) is 12.4 Å². The maximum Gasteiger partial charge on any atom is 0.276 e. The van der Waals surface area contributed by atoms with E-state index >= 15 is 0 Å². The summed E-state index contributed by atoms with van der Waals surface area (Å²) in [7, 11) is 1.77. The molecule has 1 aliphatic heterocycles. The smallest absolute Gasteiger partial charge is 0.276 e. The molecule has 0 aliphatic carbocycles. The van der Waals surface area contributed by atoms with Crippen molar-refractivity contribution in [2.24, 2.45) is 0 Å². The van der Waals surface area contributed by atoms with Gasteiger partial charge in [-0.2, -0.15) is 0 Å². The van der Waals surface area contributed by atoms with Gasteiger partial charge in [0.05, 0.1) is 18.7 Å². The second kappa shape index (κ2) is 6.82. The summed E-state index contributed by atoms with van der Waals surface area (Å²) < 4.78 is 11.0. The van der Waals surface area contributed by atoms with E-state index in [1.54, 1.807) is 23.3 Å². The Bertz CT molecular complexity index is 872. The fourth-order valence-electron chi connectivity index (χ4n) is 3.10. The van der Waals surface area contributed by atoms with Crippen LogP contribution in [0.5, 0.6) is 0 Å². The highest BCUT2D eigenvalue weighted by molar-refractivity contribution is 7.10. The Balaban J connectivity index is 1.54. The summed E-state index contributed by atoms with van der Waals surface area (Å²) in [6, 6.07) is 11.7. The predicted molar refractivity (Wildman–Crippen MR) is 95.6 cm³/mol. The first-order valence-corrected chi connectivity index (χ1v) is 9.05. The number of benzene rings is 1. The van der Waals surface area contributed by atoms with Crippen LogP contribution in [0.3, 0.4) is 0 Å². The zero-order valence-electron chi connectivity index (χ0n) is 13.8. The Labute approximate surface area is 149 Å². The molecule has 0 N–H and O–H groups in total. The van der Waals surface area contributed by atoms with Crippen LogP contribution in [-0.2, 0) is 11.2 Å². The van der Waals surface area contributed by atoms with E-state index in [-0.39, 0.29) is 12.0 Å². The first-order valence-electron chi connectivity index (χ1n) is 8.17. The summed E-state index contributed by atoms with van der Waals surface area (Å²) in [6.45, 7) is 1.18. The molecular weight excluding hydrogens is 336 g/mol. The van der Waals surface area contributed by atoms with E-state index in [0.29, 0.717) is 24.4 Å². The van der Waals surface area contributed by atoms with Gasteiger partial charge in [-0.1, -0.05) is 35.5 Å². The zero-order valence-corrected chi connectivity index (χ0v) is 14.7. The van der Waals surface area contributed by atoms with Crippen LogP contribution >= 0.6 is 11.3 Å². The maximum absolute atomic E-state index is 12.9. The number of thiophene rings is 1. The Morgan fingerprint density at radius 1 is 1.32 bits per heavy atom. The molecule has 1 aliphatic rings. The monoisotopic (exact) mass is 354 g/mol. The largest absolute Gasteiger partial charge is 0.371 e. The second-order valence-corrected chi connectivity index (χ2v) is 7.04. The quantitative estimate of drug-likeness (QED) is 0.715. The van der Waals surface area contributed by atoms with Crippen LogP contribution in [0.25, 0.3) is 11.1 Å². The molecule has 0 bridgehead atoms. The SMILES string of the molecule is CN(CC1OCCc2sccc21)C(=O)c1nocc1-c1ccccc1. The average molecular weight is 354 g/mol. The molecule has 25 heavy (non-hydrogen) atoms. The van der Waals surface area contributed by atoms with Crippen molar-refractivity contribution in [1.29, 1.82) is 0 Å². The predicted octanol–water partition coefficient (Wildman–Crippen LogP) is 3.79. The molecule has 5 nitrogen and oxygen atoms in total. The van der Waals surface area contributed by atoms with E-state index in [1.807, 2.05) is 30.3 Å². The Morgan fingerprint density at radius 3 is 3.00 bits per heavy atom. The number of aromatic nitrogens is 1. The number of rotatable bonds is 4. The van der Waals surface area contributed by atoms with Gasteiger partial charge >= 0.3 is 0 Å². The highest BCUT2D eigenvalue weighted by Gasteiger charge is 2.27. The molecule has 0 saturated heterocycles. The zero-order chi connectivity index (χ0) is 17.2. The van der Waals surface area contributed by atoms with Gasteiger partial charge in [0, 0.05) is 18.3 Å². The number of amides is 1. The van der Waals surface area contributed by atoms with Crippen LogP contribution in [0.15, 0.2) is 52.6 Å². The summed E-state index contributed by atoms with van der Waals surface area (Å²) in [5.41, 5.74) is 3.14. The number of fused-ring (bicyclic) bond motifs is 1. The van der Waals surface area contributed by atoms with Crippen LogP contribution < -0.4 is 0 Å². The molecular formula is C19H18N2O3S. The van der Waals surface area contributed by atoms with Crippen LogP contribution in [0.2, 0.25) is 0 Å². The van der Waals surface area contributed by atoms with E-state index < -0.39 is 0 Å². The average Bonchev–Trinajstić information content (AvgIpc) is 3.31. The number of likely N-dealkylation sites (N-methyl/N-ethyl adjacent to an activating group) is 1. The topological polar surface area (TPSA) is 55.6 Å². The van der Waals surface area contributed by atoms with Gasteiger partial charge < -0.3 is 14.2 Å². The van der Waals surface area contributed by atoms with Crippen molar-refractivity contribution in [2.75, 3.05) is 20.2 Å². The molecule has 0 fully saturated rings. The Hall–Kier alpha value is -2.44. The van der Waals surface area contributed by atoms with E-state index in [9.17, 15) is 4.79 Å². The minimum Gasteiger partial charge on any atom is -0.371 e. The molecule has 6 heteroatoms. The van der Waals surface area contributed by atoms with E-state index in [1.165, 1.54) is 16.7 Å². The van der Waals surface area contributed by atoms with Gasteiger partial charge in [-0.15, -0.1) is 11.3 Å². The highest BCUT2D eigenvalue weighted by atomic mass is 32.1. The number of hydrogen-bond acceptors (Lipinski definition) is 5. The minimum absolute atomic E-state index is 0.0870. The van der Waals surface area contributed by atoms with Gasteiger partial charge in [0.15, 0.2) is 5.69 Å². The molecule has 1 unspecified atom stereocenters. The van der Waals surface area contributed by atoms with Crippen LogP contribution in [0.4, 0.5) is 0 Å². The third-order valence-corrected chi connectivity index (χ3v) is 5.41. The summed E-state index contributed by atoms with van der Waals surface area (Å²) >= 11 is 1.75. The third-order valence-electron chi connectivity index (χ3n) is 4.42. The van der Waals surface area contributed by atoms with Crippen molar-refractivity contribution in [3.63, 3.8) is 0 Å². The summed E-state index contributed by atoms with van der Waals surface area (Å²) in [5, 5.41) is 6.02. The van der Waals surface area contributed by atoms with Crippen molar-refractivity contribution in [2.45, 2.75) is 12.5 Å². The van der Waals surface area contributed by atoms with Crippen molar-refractivity contribution in [3.05, 3.63) is 64.2 Å². The lowest BCUT2D eigenvalue weighted by atomic mass is 10.0. The highest BCUT2D eigenvalue weighted by Crippen LogP contribution is 2.32.